The minimum atomic E-state index is -0.643. The van der Waals surface area contributed by atoms with Gasteiger partial charge in [-0.25, -0.2) is 0 Å². The van der Waals surface area contributed by atoms with Gasteiger partial charge in [-0.3, -0.25) is 0 Å². The number of ether oxygens (including phenoxy) is 1. The predicted octanol–water partition coefficient (Wildman–Crippen LogP) is 4.48. The molecular formula is C19H16N2O3S2. The van der Waals surface area contributed by atoms with Crippen LogP contribution in [0.4, 0.5) is 0 Å². The molecule has 26 heavy (non-hydrogen) atoms. The van der Waals surface area contributed by atoms with Crippen molar-refractivity contribution >= 4 is 33.9 Å². The van der Waals surface area contributed by atoms with Crippen molar-refractivity contribution in [2.75, 3.05) is 12.4 Å². The Hall–Kier alpha value is -2.35. The van der Waals surface area contributed by atoms with Crippen LogP contribution in [0.3, 0.4) is 0 Å². The summed E-state index contributed by atoms with van der Waals surface area (Å²) in [6, 6.07) is 17.8. The van der Waals surface area contributed by atoms with E-state index < -0.39 is 6.10 Å². The molecule has 0 saturated carbocycles. The summed E-state index contributed by atoms with van der Waals surface area (Å²) in [4.78, 5) is 0.934. The van der Waals surface area contributed by atoms with E-state index >= 15 is 0 Å². The van der Waals surface area contributed by atoms with Crippen LogP contribution in [-0.4, -0.2) is 33.8 Å². The van der Waals surface area contributed by atoms with E-state index in [1.54, 1.807) is 11.3 Å². The van der Waals surface area contributed by atoms with Crippen LogP contribution in [-0.2, 0) is 0 Å². The summed E-state index contributed by atoms with van der Waals surface area (Å²) in [5.41, 5.74) is 0. The number of hydrogen-bond donors (Lipinski definition) is 1. The lowest BCUT2D eigenvalue weighted by Gasteiger charge is -2.13. The zero-order valence-electron chi connectivity index (χ0n) is 13.7. The number of aromatic nitrogens is 2. The van der Waals surface area contributed by atoms with Gasteiger partial charge in [0.25, 0.3) is 11.1 Å². The molecule has 132 valence electrons. The van der Waals surface area contributed by atoms with Crippen molar-refractivity contribution in [2.24, 2.45) is 0 Å². The largest absolute Gasteiger partial charge is 0.490 e. The monoisotopic (exact) mass is 384 g/mol. The molecule has 0 radical (unpaired) electrons. The van der Waals surface area contributed by atoms with Gasteiger partial charge < -0.3 is 14.3 Å². The molecule has 5 nitrogen and oxygen atoms in total. The van der Waals surface area contributed by atoms with Crippen LogP contribution in [0.5, 0.6) is 5.75 Å². The zero-order valence-corrected chi connectivity index (χ0v) is 15.4. The molecule has 7 heteroatoms. The molecule has 4 aromatic rings. The van der Waals surface area contributed by atoms with Crippen LogP contribution < -0.4 is 4.74 Å². The fourth-order valence-corrected chi connectivity index (χ4v) is 3.80. The highest BCUT2D eigenvalue weighted by atomic mass is 32.2. The Balaban J connectivity index is 1.32. The molecule has 0 fully saturated rings. The topological polar surface area (TPSA) is 68.4 Å². The highest BCUT2D eigenvalue weighted by Gasteiger charge is 2.13. The molecule has 0 bridgehead atoms. The number of nitrogens with zero attached hydrogens (tertiary/aromatic N) is 2. The van der Waals surface area contributed by atoms with Gasteiger partial charge in [0.2, 0.25) is 0 Å². The summed E-state index contributed by atoms with van der Waals surface area (Å²) < 4.78 is 11.4. The van der Waals surface area contributed by atoms with Gasteiger partial charge in [0.15, 0.2) is 0 Å². The first kappa shape index (κ1) is 17.1. The number of benzene rings is 2. The number of fused-ring (bicyclic) bond motifs is 1. The van der Waals surface area contributed by atoms with Crippen LogP contribution in [0.1, 0.15) is 0 Å². The van der Waals surface area contributed by atoms with Crippen LogP contribution in [0.2, 0.25) is 0 Å². The third-order valence-electron chi connectivity index (χ3n) is 3.72. The van der Waals surface area contributed by atoms with Crippen LogP contribution in [0.25, 0.3) is 21.5 Å². The SMILES string of the molecule is OC(COc1cccc2ccccc12)CSc1nnc(-c2cccs2)o1. The molecule has 0 spiro atoms. The molecule has 0 amide bonds. The lowest BCUT2D eigenvalue weighted by atomic mass is 10.1. The third kappa shape index (κ3) is 3.90. The lowest BCUT2D eigenvalue weighted by molar-refractivity contribution is 0.127. The van der Waals surface area contributed by atoms with Crippen molar-refractivity contribution in [3.05, 3.63) is 60.0 Å². The van der Waals surface area contributed by atoms with Crippen molar-refractivity contribution in [1.82, 2.24) is 10.2 Å². The van der Waals surface area contributed by atoms with E-state index in [0.29, 0.717) is 16.9 Å². The number of aliphatic hydroxyl groups excluding tert-OH is 1. The number of aliphatic hydroxyl groups is 1. The molecule has 2 heterocycles. The van der Waals surface area contributed by atoms with E-state index in [0.717, 1.165) is 21.4 Å². The van der Waals surface area contributed by atoms with Crippen molar-refractivity contribution < 1.29 is 14.3 Å². The van der Waals surface area contributed by atoms with Crippen LogP contribution in [0, 0.1) is 0 Å². The van der Waals surface area contributed by atoms with Crippen LogP contribution >= 0.6 is 23.1 Å². The van der Waals surface area contributed by atoms with Gasteiger partial charge in [-0.15, -0.1) is 21.5 Å². The van der Waals surface area contributed by atoms with Gasteiger partial charge in [0, 0.05) is 11.1 Å². The number of thiophene rings is 1. The summed E-state index contributed by atoms with van der Waals surface area (Å²) in [6.07, 6.45) is -0.643. The van der Waals surface area contributed by atoms with Gasteiger partial charge in [0.05, 0.1) is 11.0 Å². The normalized spacial score (nSPS) is 12.3. The molecular weight excluding hydrogens is 368 g/mol. The second-order valence-electron chi connectivity index (χ2n) is 5.60. The Labute approximate surface area is 158 Å². The first-order chi connectivity index (χ1) is 12.8. The summed E-state index contributed by atoms with van der Waals surface area (Å²) in [5, 5.41) is 22.8. The Morgan fingerprint density at radius 2 is 1.96 bits per heavy atom. The van der Waals surface area contributed by atoms with Crippen LogP contribution in [0.15, 0.2) is 69.6 Å². The Bertz CT molecular complexity index is 980. The highest BCUT2D eigenvalue weighted by molar-refractivity contribution is 7.99. The standard InChI is InChI=1S/C19H16N2O3S2/c22-14(11-23-16-8-3-6-13-5-1-2-7-15(13)16)12-26-19-21-20-18(24-19)17-9-4-10-25-17/h1-10,14,22H,11-12H2. The maximum Gasteiger partial charge on any atom is 0.276 e. The molecule has 0 aliphatic heterocycles. The fourth-order valence-electron chi connectivity index (χ4n) is 2.49. The van der Waals surface area contributed by atoms with Gasteiger partial charge in [-0.1, -0.05) is 54.2 Å². The molecule has 1 N–H and O–H groups in total. The average Bonchev–Trinajstić information content (AvgIpc) is 3.36. The Morgan fingerprint density at radius 1 is 1.08 bits per heavy atom. The average molecular weight is 384 g/mol. The van der Waals surface area contributed by atoms with Gasteiger partial charge >= 0.3 is 0 Å². The Morgan fingerprint density at radius 3 is 2.85 bits per heavy atom. The van der Waals surface area contributed by atoms with E-state index in [2.05, 4.69) is 10.2 Å². The maximum atomic E-state index is 10.2. The maximum absolute atomic E-state index is 10.2. The quantitative estimate of drug-likeness (QED) is 0.474. The first-order valence-electron chi connectivity index (χ1n) is 8.08. The van der Waals surface area contributed by atoms with E-state index in [-0.39, 0.29) is 6.61 Å². The smallest absolute Gasteiger partial charge is 0.276 e. The summed E-state index contributed by atoms with van der Waals surface area (Å²) >= 11 is 2.87. The second kappa shape index (κ2) is 7.90. The summed E-state index contributed by atoms with van der Waals surface area (Å²) in [6.45, 7) is 0.201. The van der Waals surface area contributed by atoms with Crippen molar-refractivity contribution in [1.29, 1.82) is 0 Å². The Kier molecular flexibility index (Phi) is 5.19. The predicted molar refractivity (Wildman–Crippen MR) is 104 cm³/mol. The summed E-state index contributed by atoms with van der Waals surface area (Å²) in [5.74, 6) is 1.69. The third-order valence-corrected chi connectivity index (χ3v) is 5.54. The molecule has 1 atom stereocenters. The van der Waals surface area contributed by atoms with Gasteiger partial charge in [0.1, 0.15) is 12.4 Å². The lowest BCUT2D eigenvalue weighted by Crippen LogP contribution is -2.20. The van der Waals surface area contributed by atoms with E-state index in [4.69, 9.17) is 9.15 Å². The molecule has 4 rings (SSSR count). The van der Waals surface area contributed by atoms with Gasteiger partial charge in [-0.2, -0.15) is 0 Å². The summed E-state index contributed by atoms with van der Waals surface area (Å²) in [7, 11) is 0. The van der Waals surface area contributed by atoms with E-state index in [9.17, 15) is 5.11 Å². The molecule has 2 aromatic heterocycles. The molecule has 1 unspecified atom stereocenters. The fraction of sp³-hybridized carbons (Fsp3) is 0.158. The van der Waals surface area contributed by atoms with Crippen molar-refractivity contribution in [2.45, 2.75) is 11.3 Å². The molecule has 0 saturated heterocycles. The van der Waals surface area contributed by atoms with E-state index in [1.165, 1.54) is 11.8 Å². The minimum absolute atomic E-state index is 0.201. The molecule has 2 aromatic carbocycles. The minimum Gasteiger partial charge on any atom is -0.490 e. The number of rotatable bonds is 7. The first-order valence-corrected chi connectivity index (χ1v) is 9.95. The van der Waals surface area contributed by atoms with Crippen molar-refractivity contribution in [3.63, 3.8) is 0 Å². The molecule has 0 aliphatic rings. The van der Waals surface area contributed by atoms with Crippen molar-refractivity contribution in [3.8, 4) is 16.5 Å². The van der Waals surface area contributed by atoms with E-state index in [1.807, 2.05) is 60.0 Å². The zero-order chi connectivity index (χ0) is 17.8. The second-order valence-corrected chi connectivity index (χ2v) is 7.52. The van der Waals surface area contributed by atoms with Gasteiger partial charge in [-0.05, 0) is 22.9 Å². The molecule has 0 aliphatic carbocycles. The number of hydrogen-bond acceptors (Lipinski definition) is 7. The number of thioether (sulfide) groups is 1. The highest BCUT2D eigenvalue weighted by Crippen LogP contribution is 2.27.